The molecule has 0 bridgehead atoms. The summed E-state index contributed by atoms with van der Waals surface area (Å²) in [4.78, 5) is 0. The zero-order chi connectivity index (χ0) is 12.8. The Morgan fingerprint density at radius 3 is 2.67 bits per heavy atom. The molecular formula is C16H26N2. The van der Waals surface area contributed by atoms with E-state index in [-0.39, 0.29) is 0 Å². The fourth-order valence-electron chi connectivity index (χ4n) is 2.99. The summed E-state index contributed by atoms with van der Waals surface area (Å²) in [5.41, 5.74) is 7.29. The van der Waals surface area contributed by atoms with Crippen LogP contribution in [-0.4, -0.2) is 19.1 Å². The molecule has 1 aliphatic carbocycles. The molecule has 1 saturated carbocycles. The second kappa shape index (κ2) is 6.91. The average molecular weight is 246 g/mol. The average Bonchev–Trinajstić information content (AvgIpc) is 2.46. The smallest absolute Gasteiger partial charge is 0.0108 e. The van der Waals surface area contributed by atoms with Crippen molar-refractivity contribution in [2.75, 3.05) is 13.1 Å². The Morgan fingerprint density at radius 1 is 1.22 bits per heavy atom. The zero-order valence-corrected chi connectivity index (χ0v) is 11.4. The molecule has 1 aromatic carbocycles. The van der Waals surface area contributed by atoms with Crippen molar-refractivity contribution in [1.82, 2.24) is 5.32 Å². The molecule has 2 rings (SSSR count). The highest BCUT2D eigenvalue weighted by Gasteiger charge is 2.23. The maximum atomic E-state index is 5.87. The standard InChI is InChI=1S/C16H26N2/c1-13(14-7-3-2-4-8-14)12-18-16-10-6-5-9-15(16)11-17/h2-4,7-8,13,15-16,18H,5-6,9-12,17H2,1H3. The van der Waals surface area contributed by atoms with Gasteiger partial charge in [0, 0.05) is 12.6 Å². The first kappa shape index (κ1) is 13.6. The first-order valence-corrected chi connectivity index (χ1v) is 7.29. The maximum Gasteiger partial charge on any atom is 0.0108 e. The van der Waals surface area contributed by atoms with Gasteiger partial charge in [0.1, 0.15) is 0 Å². The predicted molar refractivity (Wildman–Crippen MR) is 77.7 cm³/mol. The minimum Gasteiger partial charge on any atom is -0.330 e. The van der Waals surface area contributed by atoms with E-state index >= 15 is 0 Å². The third-order valence-electron chi connectivity index (χ3n) is 4.27. The van der Waals surface area contributed by atoms with Gasteiger partial charge in [0.25, 0.3) is 0 Å². The van der Waals surface area contributed by atoms with Crippen LogP contribution >= 0.6 is 0 Å². The van der Waals surface area contributed by atoms with Gasteiger partial charge in [-0.05, 0) is 36.8 Å². The molecule has 0 aliphatic heterocycles. The van der Waals surface area contributed by atoms with Crippen LogP contribution in [0.2, 0.25) is 0 Å². The van der Waals surface area contributed by atoms with Crippen molar-refractivity contribution in [3.63, 3.8) is 0 Å². The zero-order valence-electron chi connectivity index (χ0n) is 11.4. The van der Waals surface area contributed by atoms with Crippen LogP contribution in [0.4, 0.5) is 0 Å². The van der Waals surface area contributed by atoms with Crippen LogP contribution < -0.4 is 11.1 Å². The van der Waals surface area contributed by atoms with Gasteiger partial charge in [0.05, 0.1) is 0 Å². The van der Waals surface area contributed by atoms with Crippen LogP contribution in [0.5, 0.6) is 0 Å². The summed E-state index contributed by atoms with van der Waals surface area (Å²) in [6.07, 6.45) is 5.30. The lowest BCUT2D eigenvalue weighted by molar-refractivity contribution is 0.265. The third kappa shape index (κ3) is 3.56. The van der Waals surface area contributed by atoms with E-state index < -0.39 is 0 Å². The van der Waals surface area contributed by atoms with Gasteiger partial charge in [0.15, 0.2) is 0 Å². The first-order chi connectivity index (χ1) is 8.81. The highest BCUT2D eigenvalue weighted by Crippen LogP contribution is 2.24. The first-order valence-electron chi connectivity index (χ1n) is 7.29. The number of hydrogen-bond donors (Lipinski definition) is 2. The molecule has 1 aliphatic rings. The summed E-state index contributed by atoms with van der Waals surface area (Å²) in [6.45, 7) is 4.19. The molecule has 3 atom stereocenters. The minimum absolute atomic E-state index is 0.576. The Hall–Kier alpha value is -0.860. The van der Waals surface area contributed by atoms with Gasteiger partial charge in [0.2, 0.25) is 0 Å². The maximum absolute atomic E-state index is 5.87. The van der Waals surface area contributed by atoms with E-state index in [0.29, 0.717) is 17.9 Å². The van der Waals surface area contributed by atoms with Crippen LogP contribution in [0, 0.1) is 5.92 Å². The molecule has 3 N–H and O–H groups in total. The van der Waals surface area contributed by atoms with Gasteiger partial charge in [-0.2, -0.15) is 0 Å². The van der Waals surface area contributed by atoms with Crippen molar-refractivity contribution >= 4 is 0 Å². The number of benzene rings is 1. The largest absolute Gasteiger partial charge is 0.330 e. The Morgan fingerprint density at radius 2 is 1.94 bits per heavy atom. The van der Waals surface area contributed by atoms with E-state index in [0.717, 1.165) is 13.1 Å². The fraction of sp³-hybridized carbons (Fsp3) is 0.625. The summed E-state index contributed by atoms with van der Waals surface area (Å²) in [5, 5.41) is 3.74. The van der Waals surface area contributed by atoms with Crippen LogP contribution in [0.25, 0.3) is 0 Å². The molecule has 0 spiro atoms. The summed E-state index contributed by atoms with van der Waals surface area (Å²) >= 11 is 0. The fourth-order valence-corrected chi connectivity index (χ4v) is 2.99. The lowest BCUT2D eigenvalue weighted by Gasteiger charge is -2.32. The molecular weight excluding hydrogens is 220 g/mol. The SMILES string of the molecule is CC(CNC1CCCCC1CN)c1ccccc1. The van der Waals surface area contributed by atoms with E-state index in [2.05, 4.69) is 42.6 Å². The molecule has 3 unspecified atom stereocenters. The van der Waals surface area contributed by atoms with Gasteiger partial charge < -0.3 is 11.1 Å². The molecule has 18 heavy (non-hydrogen) atoms. The highest BCUT2D eigenvalue weighted by molar-refractivity contribution is 5.19. The molecule has 0 radical (unpaired) electrons. The summed E-state index contributed by atoms with van der Waals surface area (Å²) < 4.78 is 0. The van der Waals surface area contributed by atoms with Crippen molar-refractivity contribution in [3.05, 3.63) is 35.9 Å². The summed E-state index contributed by atoms with van der Waals surface area (Å²) in [6, 6.07) is 11.4. The second-order valence-corrected chi connectivity index (χ2v) is 5.61. The number of hydrogen-bond acceptors (Lipinski definition) is 2. The van der Waals surface area contributed by atoms with Gasteiger partial charge >= 0.3 is 0 Å². The molecule has 0 saturated heterocycles. The van der Waals surface area contributed by atoms with Crippen LogP contribution in [0.15, 0.2) is 30.3 Å². The number of rotatable bonds is 5. The van der Waals surface area contributed by atoms with E-state index in [1.165, 1.54) is 31.2 Å². The van der Waals surface area contributed by atoms with Gasteiger partial charge in [-0.25, -0.2) is 0 Å². The molecule has 0 heterocycles. The highest BCUT2D eigenvalue weighted by atomic mass is 14.9. The van der Waals surface area contributed by atoms with Crippen molar-refractivity contribution in [2.45, 2.75) is 44.6 Å². The van der Waals surface area contributed by atoms with E-state index in [9.17, 15) is 0 Å². The molecule has 1 aromatic rings. The molecule has 0 aromatic heterocycles. The molecule has 2 heteroatoms. The van der Waals surface area contributed by atoms with E-state index in [1.807, 2.05) is 0 Å². The number of nitrogens with one attached hydrogen (secondary N) is 1. The molecule has 100 valence electrons. The Kier molecular flexibility index (Phi) is 5.21. The molecule has 1 fully saturated rings. The van der Waals surface area contributed by atoms with E-state index in [1.54, 1.807) is 0 Å². The van der Waals surface area contributed by atoms with Crippen molar-refractivity contribution in [3.8, 4) is 0 Å². The van der Waals surface area contributed by atoms with Crippen LogP contribution in [-0.2, 0) is 0 Å². The van der Waals surface area contributed by atoms with Crippen molar-refractivity contribution in [1.29, 1.82) is 0 Å². The Labute approximate surface area is 111 Å². The topological polar surface area (TPSA) is 38.0 Å². The predicted octanol–water partition coefficient (Wildman–Crippen LogP) is 2.90. The van der Waals surface area contributed by atoms with Gasteiger partial charge in [-0.15, -0.1) is 0 Å². The lowest BCUT2D eigenvalue weighted by Crippen LogP contribution is -2.43. The van der Waals surface area contributed by atoms with Crippen LogP contribution in [0.3, 0.4) is 0 Å². The Bertz CT molecular complexity index is 336. The minimum atomic E-state index is 0.576. The van der Waals surface area contributed by atoms with Crippen molar-refractivity contribution in [2.24, 2.45) is 11.7 Å². The summed E-state index contributed by atoms with van der Waals surface area (Å²) in [5.74, 6) is 1.26. The number of nitrogens with two attached hydrogens (primary N) is 1. The Balaban J connectivity index is 1.83. The van der Waals surface area contributed by atoms with Gasteiger partial charge in [-0.1, -0.05) is 50.1 Å². The van der Waals surface area contributed by atoms with Crippen molar-refractivity contribution < 1.29 is 0 Å². The molecule has 2 nitrogen and oxygen atoms in total. The van der Waals surface area contributed by atoms with Crippen LogP contribution in [0.1, 0.15) is 44.1 Å². The monoisotopic (exact) mass is 246 g/mol. The summed E-state index contributed by atoms with van der Waals surface area (Å²) in [7, 11) is 0. The second-order valence-electron chi connectivity index (χ2n) is 5.61. The van der Waals surface area contributed by atoms with Gasteiger partial charge in [-0.3, -0.25) is 0 Å². The lowest BCUT2D eigenvalue weighted by atomic mass is 9.84. The third-order valence-corrected chi connectivity index (χ3v) is 4.27. The quantitative estimate of drug-likeness (QED) is 0.838. The van der Waals surface area contributed by atoms with E-state index in [4.69, 9.17) is 5.73 Å². The molecule has 0 amide bonds. The normalized spacial score (nSPS) is 25.9.